The summed E-state index contributed by atoms with van der Waals surface area (Å²) in [5, 5.41) is 102. The van der Waals surface area contributed by atoms with Gasteiger partial charge in [-0.25, -0.2) is 0 Å². The van der Waals surface area contributed by atoms with Crippen molar-refractivity contribution in [1.29, 1.82) is 0 Å². The maximum absolute atomic E-state index is 10.7. The molecule has 5 fully saturated rings. The predicted molar refractivity (Wildman–Crippen MR) is 162 cm³/mol. The molecule has 0 aromatic heterocycles. The third kappa shape index (κ3) is 7.37. The quantitative estimate of drug-likeness (QED) is 0.0808. The van der Waals surface area contributed by atoms with Crippen LogP contribution in [-0.4, -0.2) is 169 Å². The molecule has 3 saturated heterocycles. The molecule has 0 radical (unpaired) electrons. The van der Waals surface area contributed by atoms with Crippen LogP contribution >= 0.6 is 0 Å². The molecule has 0 bridgehead atoms. The zero-order chi connectivity index (χ0) is 35.3. The van der Waals surface area contributed by atoms with Crippen LogP contribution in [0.1, 0.15) is 52.9 Å². The molecule has 17 atom stereocenters. The van der Waals surface area contributed by atoms with Gasteiger partial charge in [-0.15, -0.1) is 0 Å². The molecule has 16 nitrogen and oxygen atoms in total. The molecule has 0 unspecified atom stereocenters. The van der Waals surface area contributed by atoms with Crippen molar-refractivity contribution in [3.05, 3.63) is 12.2 Å². The van der Waals surface area contributed by atoms with Gasteiger partial charge in [0, 0.05) is 0 Å². The predicted octanol–water partition coefficient (Wildman–Crippen LogP) is -3.00. The minimum atomic E-state index is -1.90. The number of aliphatic hydroxyl groups excluding tert-OH is 9. The van der Waals surface area contributed by atoms with Gasteiger partial charge < -0.3 is 79.5 Å². The first-order valence-corrected chi connectivity index (χ1v) is 16.7. The Morgan fingerprint density at radius 2 is 1.50 bits per heavy atom. The first-order valence-electron chi connectivity index (χ1n) is 16.7. The van der Waals surface area contributed by atoms with Gasteiger partial charge in [0.15, 0.2) is 18.9 Å². The Balaban J connectivity index is 1.18. The average molecular weight is 695 g/mol. The Morgan fingerprint density at radius 3 is 2.12 bits per heavy atom. The summed E-state index contributed by atoms with van der Waals surface area (Å²) in [4.78, 5) is 0. The summed E-state index contributed by atoms with van der Waals surface area (Å²) < 4.78 is 34.6. The second-order valence-corrected chi connectivity index (χ2v) is 15.2. The number of hydrogen-bond donors (Lipinski definition) is 10. The molecule has 278 valence electrons. The van der Waals surface area contributed by atoms with Crippen LogP contribution in [0.3, 0.4) is 0 Å². The fourth-order valence-corrected chi connectivity index (χ4v) is 8.06. The Labute approximate surface area is 279 Å². The monoisotopic (exact) mass is 694 g/mol. The topological polar surface area (TPSA) is 258 Å². The van der Waals surface area contributed by atoms with Crippen LogP contribution in [0.4, 0.5) is 0 Å². The number of aliphatic hydroxyl groups is 10. The normalized spacial score (nSPS) is 50.4. The highest BCUT2D eigenvalue weighted by Gasteiger charge is 2.54. The summed E-state index contributed by atoms with van der Waals surface area (Å²) in [5.41, 5.74) is -2.03. The molecule has 2 aliphatic carbocycles. The van der Waals surface area contributed by atoms with Crippen LogP contribution in [0.25, 0.3) is 0 Å². The molecule has 16 heteroatoms. The first-order chi connectivity index (χ1) is 22.4. The molecular formula is C32H54O16. The van der Waals surface area contributed by atoms with Gasteiger partial charge in [-0.1, -0.05) is 19.1 Å². The van der Waals surface area contributed by atoms with Gasteiger partial charge in [0.2, 0.25) is 0 Å². The highest BCUT2D eigenvalue weighted by molar-refractivity contribution is 5.16. The first kappa shape index (κ1) is 38.3. The van der Waals surface area contributed by atoms with Gasteiger partial charge in [-0.3, -0.25) is 0 Å². The van der Waals surface area contributed by atoms with Crippen LogP contribution in [0.2, 0.25) is 0 Å². The Hall–Kier alpha value is -0.900. The molecule has 10 N–H and O–H groups in total. The summed E-state index contributed by atoms with van der Waals surface area (Å²) >= 11 is 0. The molecule has 0 amide bonds. The molecule has 2 saturated carbocycles. The molecule has 3 heterocycles. The second kappa shape index (κ2) is 14.6. The lowest BCUT2D eigenvalue weighted by atomic mass is 9.54. The lowest BCUT2D eigenvalue weighted by Gasteiger charge is -2.54. The SMILES string of the molecule is C=C1C[C@H](O[C@@H]2O[C@H](CO[C@@H]3OC[C@](O)(CO)[C@H]3O)[C@@H](O)[C@H](O)[C@H]2O)C[C@@]2(C)CC[C@@H](C(C)(C)O[C@@H]3O[C@H](CO)[C@@H](O)[C@H](O)[C@H]3O)C[C@@H]12. The van der Waals surface area contributed by atoms with E-state index in [0.29, 0.717) is 19.3 Å². The van der Waals surface area contributed by atoms with Crippen molar-refractivity contribution in [1.82, 2.24) is 0 Å². The summed E-state index contributed by atoms with van der Waals surface area (Å²) in [6.07, 6.45) is -14.2. The van der Waals surface area contributed by atoms with E-state index in [2.05, 4.69) is 13.5 Å². The van der Waals surface area contributed by atoms with Crippen LogP contribution < -0.4 is 0 Å². The number of fused-ring (bicyclic) bond motifs is 1. The van der Waals surface area contributed by atoms with Gasteiger partial charge in [0.25, 0.3) is 0 Å². The maximum atomic E-state index is 10.7. The second-order valence-electron chi connectivity index (χ2n) is 15.2. The average Bonchev–Trinajstić information content (AvgIpc) is 3.33. The minimum Gasteiger partial charge on any atom is -0.394 e. The highest BCUT2D eigenvalue weighted by Crippen LogP contribution is 2.56. The largest absolute Gasteiger partial charge is 0.394 e. The smallest absolute Gasteiger partial charge is 0.187 e. The molecule has 0 aromatic carbocycles. The molecule has 3 aliphatic heterocycles. The standard InChI is InChI=1S/C32H54O16/c1-14-7-16(45-27-24(39)23(38)21(36)19(47-27)11-43-29-26(41)32(42,12-34)13-44-29)9-31(4)6-5-15(8-17(14)31)30(2,3)48-28-25(40)22(37)20(35)18(10-33)46-28/h15-29,33-42H,1,5-13H2,2-4H3/t15-,16+,17+,18-,19-,20-,21-,22+,23+,24-,25-,26+,27-,28+,29-,31-,32-/m1/s1. The van der Waals surface area contributed by atoms with Crippen molar-refractivity contribution in [2.24, 2.45) is 17.3 Å². The highest BCUT2D eigenvalue weighted by atomic mass is 16.7. The van der Waals surface area contributed by atoms with Crippen LogP contribution in [0.15, 0.2) is 12.2 Å². The molecule has 5 rings (SSSR count). The number of rotatable bonds is 10. The van der Waals surface area contributed by atoms with Crippen molar-refractivity contribution in [2.45, 2.75) is 144 Å². The van der Waals surface area contributed by atoms with E-state index in [9.17, 15) is 51.1 Å². The lowest BCUT2D eigenvalue weighted by molar-refractivity contribution is -0.331. The van der Waals surface area contributed by atoms with Gasteiger partial charge in [-0.05, 0) is 63.2 Å². The minimum absolute atomic E-state index is 0.00814. The molecule has 5 aliphatic rings. The van der Waals surface area contributed by atoms with Crippen molar-refractivity contribution in [3.63, 3.8) is 0 Å². The van der Waals surface area contributed by atoms with E-state index in [4.69, 9.17) is 28.4 Å². The van der Waals surface area contributed by atoms with E-state index in [1.807, 2.05) is 13.8 Å². The van der Waals surface area contributed by atoms with Crippen molar-refractivity contribution in [2.75, 3.05) is 26.4 Å². The van der Waals surface area contributed by atoms with E-state index in [1.165, 1.54) is 0 Å². The molecular weight excluding hydrogens is 640 g/mol. The Kier molecular flexibility index (Phi) is 11.7. The summed E-state index contributed by atoms with van der Waals surface area (Å²) in [6, 6.07) is 0. The lowest BCUT2D eigenvalue weighted by Crippen LogP contribution is -2.61. The Morgan fingerprint density at radius 1 is 0.875 bits per heavy atom. The summed E-state index contributed by atoms with van der Waals surface area (Å²) in [5.74, 6) is 0.0868. The van der Waals surface area contributed by atoms with Crippen molar-refractivity contribution in [3.8, 4) is 0 Å². The van der Waals surface area contributed by atoms with E-state index in [-0.39, 0.29) is 30.5 Å². The van der Waals surface area contributed by atoms with Crippen molar-refractivity contribution >= 4 is 0 Å². The summed E-state index contributed by atoms with van der Waals surface area (Å²) in [6.45, 7) is 8.23. The molecule has 0 aromatic rings. The zero-order valence-electron chi connectivity index (χ0n) is 27.7. The maximum Gasteiger partial charge on any atom is 0.187 e. The third-order valence-electron chi connectivity index (χ3n) is 11.4. The van der Waals surface area contributed by atoms with Crippen molar-refractivity contribution < 1.29 is 79.5 Å². The van der Waals surface area contributed by atoms with E-state index >= 15 is 0 Å². The van der Waals surface area contributed by atoms with Gasteiger partial charge in [0.1, 0.15) is 60.5 Å². The van der Waals surface area contributed by atoms with Crippen LogP contribution in [0, 0.1) is 17.3 Å². The van der Waals surface area contributed by atoms with Crippen LogP contribution in [-0.2, 0) is 28.4 Å². The third-order valence-corrected chi connectivity index (χ3v) is 11.4. The van der Waals surface area contributed by atoms with E-state index in [0.717, 1.165) is 18.4 Å². The van der Waals surface area contributed by atoms with Gasteiger partial charge in [-0.2, -0.15) is 0 Å². The fourth-order valence-electron chi connectivity index (χ4n) is 8.06. The van der Waals surface area contributed by atoms with E-state index in [1.54, 1.807) is 0 Å². The number of ether oxygens (including phenoxy) is 6. The van der Waals surface area contributed by atoms with Gasteiger partial charge in [0.05, 0.1) is 38.1 Å². The summed E-state index contributed by atoms with van der Waals surface area (Å²) in [7, 11) is 0. The molecule has 0 spiro atoms. The zero-order valence-corrected chi connectivity index (χ0v) is 27.7. The van der Waals surface area contributed by atoms with Crippen LogP contribution in [0.5, 0.6) is 0 Å². The Bertz CT molecular complexity index is 1110. The molecule has 48 heavy (non-hydrogen) atoms. The van der Waals surface area contributed by atoms with Gasteiger partial charge >= 0.3 is 0 Å². The number of hydrogen-bond acceptors (Lipinski definition) is 16. The fraction of sp³-hybridized carbons (Fsp3) is 0.938. The van der Waals surface area contributed by atoms with E-state index < -0.39 is 104 Å².